The molecule has 0 unspecified atom stereocenters. The summed E-state index contributed by atoms with van der Waals surface area (Å²) in [5.74, 6) is 0.835. The van der Waals surface area contributed by atoms with Crippen LogP contribution in [0.5, 0.6) is 5.75 Å². The van der Waals surface area contributed by atoms with Crippen LogP contribution in [0.25, 0.3) is 0 Å². The topological polar surface area (TPSA) is 27.1 Å². The summed E-state index contributed by atoms with van der Waals surface area (Å²) in [6.07, 6.45) is 0. The summed E-state index contributed by atoms with van der Waals surface area (Å²) >= 11 is 9.66. The van der Waals surface area contributed by atoms with E-state index in [0.29, 0.717) is 11.6 Å². The molecule has 5 heteroatoms. The van der Waals surface area contributed by atoms with Crippen LogP contribution >= 0.6 is 27.5 Å². The Morgan fingerprint density at radius 2 is 2.00 bits per heavy atom. The van der Waals surface area contributed by atoms with Crippen LogP contribution in [0.15, 0.2) is 24.3 Å². The molecular formula is C14H16BrClN2O. The first kappa shape index (κ1) is 14.4. The molecule has 1 aromatic heterocycles. The van der Waals surface area contributed by atoms with Gasteiger partial charge in [-0.05, 0) is 31.5 Å². The number of nitrogens with zero attached hydrogens (tertiary/aromatic N) is 2. The van der Waals surface area contributed by atoms with Crippen LogP contribution in [0, 0.1) is 6.92 Å². The normalized spacial score (nSPS) is 10.7. The standard InChI is InChI=1S/C14H16BrClN2O/c1-3-18-13(14(16)10(2)17-18)9-19-12-6-4-11(8-15)5-7-12/h4-7H,3,8-9H2,1-2H3. The van der Waals surface area contributed by atoms with E-state index in [-0.39, 0.29) is 0 Å². The number of halogens is 2. The molecule has 19 heavy (non-hydrogen) atoms. The molecule has 0 saturated carbocycles. The van der Waals surface area contributed by atoms with Gasteiger partial charge in [0, 0.05) is 11.9 Å². The second-order valence-corrected chi connectivity index (χ2v) is 5.17. The third-order valence-electron chi connectivity index (χ3n) is 2.91. The van der Waals surface area contributed by atoms with E-state index in [1.54, 1.807) is 0 Å². The average molecular weight is 344 g/mol. The molecule has 102 valence electrons. The fraction of sp³-hybridized carbons (Fsp3) is 0.357. The lowest BCUT2D eigenvalue weighted by Gasteiger charge is -2.08. The van der Waals surface area contributed by atoms with E-state index < -0.39 is 0 Å². The number of hydrogen-bond acceptors (Lipinski definition) is 2. The van der Waals surface area contributed by atoms with E-state index in [1.165, 1.54) is 5.56 Å². The van der Waals surface area contributed by atoms with E-state index >= 15 is 0 Å². The van der Waals surface area contributed by atoms with E-state index in [4.69, 9.17) is 16.3 Å². The van der Waals surface area contributed by atoms with Gasteiger partial charge < -0.3 is 4.74 Å². The molecule has 2 rings (SSSR count). The van der Waals surface area contributed by atoms with Crippen LogP contribution in [0.4, 0.5) is 0 Å². The van der Waals surface area contributed by atoms with Gasteiger partial charge in [0.25, 0.3) is 0 Å². The van der Waals surface area contributed by atoms with Gasteiger partial charge in [0.05, 0.1) is 16.4 Å². The van der Waals surface area contributed by atoms with E-state index in [1.807, 2.05) is 42.8 Å². The monoisotopic (exact) mass is 342 g/mol. The molecule has 0 aliphatic rings. The minimum absolute atomic E-state index is 0.432. The van der Waals surface area contributed by atoms with Crippen LogP contribution < -0.4 is 4.74 Å². The van der Waals surface area contributed by atoms with Gasteiger partial charge >= 0.3 is 0 Å². The summed E-state index contributed by atoms with van der Waals surface area (Å²) in [5, 5.41) is 5.91. The Hall–Kier alpha value is -1.000. The molecule has 0 N–H and O–H groups in total. The molecule has 0 saturated heterocycles. The fourth-order valence-corrected chi connectivity index (χ4v) is 2.40. The number of hydrogen-bond donors (Lipinski definition) is 0. The Balaban J connectivity index is 2.09. The molecule has 0 amide bonds. The minimum Gasteiger partial charge on any atom is -0.487 e. The molecule has 0 aliphatic carbocycles. The van der Waals surface area contributed by atoms with Crippen molar-refractivity contribution in [2.24, 2.45) is 0 Å². The van der Waals surface area contributed by atoms with Crippen molar-refractivity contribution in [2.45, 2.75) is 32.3 Å². The van der Waals surface area contributed by atoms with E-state index in [0.717, 1.165) is 29.0 Å². The SMILES string of the molecule is CCn1nc(C)c(Cl)c1COc1ccc(CBr)cc1. The predicted molar refractivity (Wildman–Crippen MR) is 81.1 cm³/mol. The molecule has 0 fully saturated rings. The van der Waals surface area contributed by atoms with Gasteiger partial charge in [-0.3, -0.25) is 4.68 Å². The molecule has 2 aromatic rings. The van der Waals surface area contributed by atoms with Crippen LogP contribution in [0.2, 0.25) is 5.02 Å². The maximum absolute atomic E-state index is 6.24. The molecular weight excluding hydrogens is 328 g/mol. The summed E-state index contributed by atoms with van der Waals surface area (Å²) in [5.41, 5.74) is 2.99. The molecule has 0 radical (unpaired) electrons. The predicted octanol–water partition coefficient (Wildman–Crippen LogP) is 4.34. The van der Waals surface area contributed by atoms with E-state index in [9.17, 15) is 0 Å². The van der Waals surface area contributed by atoms with Crippen molar-refractivity contribution in [3.63, 3.8) is 0 Å². The highest BCUT2D eigenvalue weighted by atomic mass is 79.9. The Kier molecular flexibility index (Phi) is 4.88. The Morgan fingerprint density at radius 1 is 1.32 bits per heavy atom. The number of benzene rings is 1. The van der Waals surface area contributed by atoms with Crippen LogP contribution in [-0.4, -0.2) is 9.78 Å². The molecule has 1 aromatic carbocycles. The zero-order valence-electron chi connectivity index (χ0n) is 11.0. The van der Waals surface area contributed by atoms with Gasteiger partial charge in [-0.2, -0.15) is 5.10 Å². The van der Waals surface area contributed by atoms with Gasteiger partial charge in [0.15, 0.2) is 0 Å². The van der Waals surface area contributed by atoms with Crippen molar-refractivity contribution in [3.8, 4) is 5.75 Å². The highest BCUT2D eigenvalue weighted by Gasteiger charge is 2.12. The summed E-state index contributed by atoms with van der Waals surface area (Å²) in [6, 6.07) is 8.00. The zero-order valence-corrected chi connectivity index (χ0v) is 13.3. The Labute approximate surface area is 126 Å². The smallest absolute Gasteiger partial charge is 0.131 e. The lowest BCUT2D eigenvalue weighted by atomic mass is 10.2. The number of aromatic nitrogens is 2. The average Bonchev–Trinajstić information content (AvgIpc) is 2.72. The highest BCUT2D eigenvalue weighted by Crippen LogP contribution is 2.22. The van der Waals surface area contributed by atoms with Gasteiger partial charge in [0.1, 0.15) is 12.4 Å². The van der Waals surface area contributed by atoms with Crippen molar-refractivity contribution in [1.82, 2.24) is 9.78 Å². The maximum Gasteiger partial charge on any atom is 0.131 e. The third-order valence-corrected chi connectivity index (χ3v) is 4.05. The van der Waals surface area contributed by atoms with Gasteiger partial charge in [0.2, 0.25) is 0 Å². The lowest BCUT2D eigenvalue weighted by molar-refractivity contribution is 0.292. The van der Waals surface area contributed by atoms with Crippen molar-refractivity contribution >= 4 is 27.5 Å². The number of rotatable bonds is 5. The number of alkyl halides is 1. The molecule has 0 spiro atoms. The van der Waals surface area contributed by atoms with Crippen LogP contribution in [-0.2, 0) is 18.5 Å². The van der Waals surface area contributed by atoms with E-state index in [2.05, 4.69) is 21.0 Å². The molecule has 0 aliphatic heterocycles. The van der Waals surface area contributed by atoms with Crippen molar-refractivity contribution in [1.29, 1.82) is 0 Å². The fourth-order valence-electron chi connectivity index (χ4n) is 1.83. The van der Waals surface area contributed by atoms with Gasteiger partial charge in [-0.25, -0.2) is 0 Å². The minimum atomic E-state index is 0.432. The first-order valence-corrected chi connectivity index (χ1v) is 7.65. The molecule has 1 heterocycles. The first-order chi connectivity index (χ1) is 9.15. The van der Waals surface area contributed by atoms with Crippen molar-refractivity contribution in [3.05, 3.63) is 46.2 Å². The molecule has 0 bridgehead atoms. The summed E-state index contributed by atoms with van der Waals surface area (Å²) < 4.78 is 7.65. The Bertz CT molecular complexity index is 551. The summed E-state index contributed by atoms with van der Waals surface area (Å²) in [6.45, 7) is 5.16. The van der Waals surface area contributed by atoms with Gasteiger partial charge in [-0.1, -0.05) is 39.7 Å². The second-order valence-electron chi connectivity index (χ2n) is 4.23. The first-order valence-electron chi connectivity index (χ1n) is 6.15. The third kappa shape index (κ3) is 3.31. The Morgan fingerprint density at radius 3 is 2.58 bits per heavy atom. The van der Waals surface area contributed by atoms with Crippen LogP contribution in [0.1, 0.15) is 23.9 Å². The number of aryl methyl sites for hydroxylation is 2. The van der Waals surface area contributed by atoms with Crippen molar-refractivity contribution < 1.29 is 4.74 Å². The largest absolute Gasteiger partial charge is 0.487 e. The number of ether oxygens (including phenoxy) is 1. The second kappa shape index (κ2) is 6.44. The maximum atomic E-state index is 6.24. The highest BCUT2D eigenvalue weighted by molar-refractivity contribution is 9.08. The van der Waals surface area contributed by atoms with Gasteiger partial charge in [-0.15, -0.1) is 0 Å². The quantitative estimate of drug-likeness (QED) is 0.755. The zero-order chi connectivity index (χ0) is 13.8. The summed E-state index contributed by atoms with van der Waals surface area (Å²) in [4.78, 5) is 0. The molecule has 0 atom stereocenters. The van der Waals surface area contributed by atoms with Crippen molar-refractivity contribution in [2.75, 3.05) is 0 Å². The molecule has 3 nitrogen and oxygen atoms in total. The summed E-state index contributed by atoms with van der Waals surface area (Å²) in [7, 11) is 0. The van der Waals surface area contributed by atoms with Crippen LogP contribution in [0.3, 0.4) is 0 Å². The lowest BCUT2D eigenvalue weighted by Crippen LogP contribution is -2.06.